The number of nitriles is 1. The number of rotatable bonds is 14. The molecule has 0 saturated heterocycles. The van der Waals surface area contributed by atoms with Crippen LogP contribution >= 0.6 is 0 Å². The highest BCUT2D eigenvalue weighted by Crippen LogP contribution is 2.27. The van der Waals surface area contributed by atoms with Gasteiger partial charge in [0, 0.05) is 24.1 Å². The number of hydrogen-bond donors (Lipinski definition) is 3. The third-order valence-electron chi connectivity index (χ3n) is 6.45. The number of nitrogens with zero attached hydrogens (tertiary/aromatic N) is 2. The predicted molar refractivity (Wildman–Crippen MR) is 182 cm³/mol. The molecule has 224 valence electrons. The molecule has 0 aliphatic carbocycles. The summed E-state index contributed by atoms with van der Waals surface area (Å²) in [5.74, 6) is 0. The van der Waals surface area contributed by atoms with Crippen LogP contribution < -0.4 is 16.0 Å². The van der Waals surface area contributed by atoms with Gasteiger partial charge in [-0.2, -0.15) is 5.26 Å². The Hall–Kier alpha value is -3.46. The van der Waals surface area contributed by atoms with Crippen LogP contribution in [0.15, 0.2) is 66.2 Å². The molecule has 3 N–H and O–H groups in total. The molecule has 0 aliphatic heterocycles. The van der Waals surface area contributed by atoms with Crippen molar-refractivity contribution in [1.82, 2.24) is 15.6 Å². The summed E-state index contributed by atoms with van der Waals surface area (Å²) in [6.45, 7) is 24.5. The van der Waals surface area contributed by atoms with E-state index in [0.29, 0.717) is 11.6 Å². The minimum absolute atomic E-state index is 0.511. The Morgan fingerprint density at radius 1 is 1.10 bits per heavy atom. The van der Waals surface area contributed by atoms with Crippen molar-refractivity contribution in [2.75, 3.05) is 25.5 Å². The Balaban J connectivity index is 0.00000382. The summed E-state index contributed by atoms with van der Waals surface area (Å²) in [4.78, 5) is 4.43. The van der Waals surface area contributed by atoms with Crippen LogP contribution in [0.1, 0.15) is 89.1 Å². The van der Waals surface area contributed by atoms with E-state index in [2.05, 4.69) is 78.6 Å². The van der Waals surface area contributed by atoms with Gasteiger partial charge in [0.15, 0.2) is 0 Å². The van der Waals surface area contributed by atoms with Crippen LogP contribution in [0.2, 0.25) is 0 Å². The SMILES string of the molecule is C=C(/C=C/c1cncc(CCCNC(C)CCNC)c1)/C(Nc1ccc(C)c(/C=C\C)c1C)=C(\C)C#N.CC.CC. The van der Waals surface area contributed by atoms with E-state index in [-0.39, 0.29) is 0 Å². The van der Waals surface area contributed by atoms with Gasteiger partial charge < -0.3 is 16.0 Å². The van der Waals surface area contributed by atoms with E-state index in [1.807, 2.05) is 79.2 Å². The van der Waals surface area contributed by atoms with Crippen molar-refractivity contribution in [3.05, 3.63) is 94.0 Å². The molecule has 1 unspecified atom stereocenters. The Kier molecular flexibility index (Phi) is 20.4. The van der Waals surface area contributed by atoms with Gasteiger partial charge in [-0.15, -0.1) is 0 Å². The molecule has 1 atom stereocenters. The number of allylic oxidation sites excluding steroid dienone is 3. The van der Waals surface area contributed by atoms with Crippen LogP contribution in [-0.4, -0.2) is 31.2 Å². The Labute approximate surface area is 251 Å². The van der Waals surface area contributed by atoms with Crippen LogP contribution in [-0.2, 0) is 6.42 Å². The zero-order valence-corrected chi connectivity index (χ0v) is 27.4. The van der Waals surface area contributed by atoms with Gasteiger partial charge in [-0.05, 0) is 120 Å². The van der Waals surface area contributed by atoms with Gasteiger partial charge in [-0.3, -0.25) is 4.98 Å². The van der Waals surface area contributed by atoms with Crippen molar-refractivity contribution in [3.8, 4) is 6.07 Å². The molecule has 0 radical (unpaired) electrons. The Bertz CT molecular complexity index is 1180. The fourth-order valence-corrected chi connectivity index (χ4v) is 4.15. The van der Waals surface area contributed by atoms with Crippen molar-refractivity contribution in [2.45, 2.75) is 87.6 Å². The molecule has 5 heteroatoms. The van der Waals surface area contributed by atoms with Crippen molar-refractivity contribution in [3.63, 3.8) is 0 Å². The quantitative estimate of drug-likeness (QED) is 0.123. The molecule has 1 aromatic carbocycles. The topological polar surface area (TPSA) is 72.8 Å². The minimum atomic E-state index is 0.511. The van der Waals surface area contributed by atoms with Gasteiger partial charge in [0.25, 0.3) is 0 Å². The van der Waals surface area contributed by atoms with Gasteiger partial charge in [-0.25, -0.2) is 0 Å². The van der Waals surface area contributed by atoms with Crippen molar-refractivity contribution >= 4 is 17.8 Å². The third kappa shape index (κ3) is 13.6. The molecular formula is C36H55N5. The lowest BCUT2D eigenvalue weighted by Crippen LogP contribution is -2.30. The first-order valence-corrected chi connectivity index (χ1v) is 15.1. The molecule has 0 saturated carbocycles. The summed E-state index contributed by atoms with van der Waals surface area (Å²) in [5.41, 5.74) is 8.80. The Morgan fingerprint density at radius 2 is 1.80 bits per heavy atom. The van der Waals surface area contributed by atoms with E-state index < -0.39 is 0 Å². The normalized spacial score (nSPS) is 12.0. The number of aromatic nitrogens is 1. The zero-order chi connectivity index (χ0) is 31.2. The first-order valence-electron chi connectivity index (χ1n) is 15.1. The average molecular weight is 558 g/mol. The summed E-state index contributed by atoms with van der Waals surface area (Å²) < 4.78 is 0. The van der Waals surface area contributed by atoms with Crippen LogP contribution in [0.4, 0.5) is 5.69 Å². The predicted octanol–water partition coefficient (Wildman–Crippen LogP) is 8.78. The van der Waals surface area contributed by atoms with E-state index in [1.165, 1.54) is 16.7 Å². The molecule has 2 rings (SSSR count). The fourth-order valence-electron chi connectivity index (χ4n) is 4.15. The minimum Gasteiger partial charge on any atom is -0.354 e. The largest absolute Gasteiger partial charge is 0.354 e. The molecule has 1 aromatic heterocycles. The molecule has 0 aliphatic rings. The molecule has 0 amide bonds. The lowest BCUT2D eigenvalue weighted by molar-refractivity contribution is 0.497. The average Bonchev–Trinajstić information content (AvgIpc) is 3.00. The molecule has 41 heavy (non-hydrogen) atoms. The second-order valence-corrected chi connectivity index (χ2v) is 9.54. The summed E-state index contributed by atoms with van der Waals surface area (Å²) in [7, 11) is 1.99. The molecule has 0 fully saturated rings. The second-order valence-electron chi connectivity index (χ2n) is 9.54. The lowest BCUT2D eigenvalue weighted by atomic mass is 9.99. The van der Waals surface area contributed by atoms with Crippen LogP contribution in [0, 0.1) is 25.2 Å². The molecule has 0 bridgehead atoms. The van der Waals surface area contributed by atoms with Gasteiger partial charge in [0.2, 0.25) is 0 Å². The van der Waals surface area contributed by atoms with Gasteiger partial charge in [-0.1, -0.05) is 64.6 Å². The first kappa shape index (κ1) is 37.5. The summed E-state index contributed by atoms with van der Waals surface area (Å²) >= 11 is 0. The van der Waals surface area contributed by atoms with E-state index in [9.17, 15) is 5.26 Å². The molecule has 0 spiro atoms. The number of nitrogens with one attached hydrogen (secondary N) is 3. The van der Waals surface area contributed by atoms with Crippen LogP contribution in [0.5, 0.6) is 0 Å². The highest BCUT2D eigenvalue weighted by Gasteiger charge is 2.11. The van der Waals surface area contributed by atoms with Gasteiger partial charge in [0.05, 0.1) is 17.3 Å². The smallest absolute Gasteiger partial charge is 0.0966 e. The monoisotopic (exact) mass is 557 g/mol. The summed E-state index contributed by atoms with van der Waals surface area (Å²) in [5, 5.41) is 19.9. The van der Waals surface area contributed by atoms with Crippen LogP contribution in [0.3, 0.4) is 0 Å². The van der Waals surface area contributed by atoms with E-state index >= 15 is 0 Å². The van der Waals surface area contributed by atoms with Crippen molar-refractivity contribution in [2.24, 2.45) is 0 Å². The highest BCUT2D eigenvalue weighted by molar-refractivity contribution is 5.70. The molecular weight excluding hydrogens is 502 g/mol. The van der Waals surface area contributed by atoms with E-state index in [1.54, 1.807) is 0 Å². The first-order chi connectivity index (χ1) is 19.8. The number of anilines is 1. The maximum atomic E-state index is 9.64. The number of pyridine rings is 1. The highest BCUT2D eigenvalue weighted by atomic mass is 14.9. The second kappa shape index (κ2) is 22.3. The summed E-state index contributed by atoms with van der Waals surface area (Å²) in [6.07, 6.45) is 15.1. The maximum Gasteiger partial charge on any atom is 0.0966 e. The Morgan fingerprint density at radius 3 is 2.44 bits per heavy atom. The van der Waals surface area contributed by atoms with Crippen molar-refractivity contribution < 1.29 is 0 Å². The summed E-state index contributed by atoms with van der Waals surface area (Å²) in [6, 6.07) is 9.11. The maximum absolute atomic E-state index is 9.64. The zero-order valence-electron chi connectivity index (χ0n) is 27.4. The fraction of sp³-hybridized carbons (Fsp3) is 0.444. The van der Waals surface area contributed by atoms with E-state index in [4.69, 9.17) is 0 Å². The molecule has 5 nitrogen and oxygen atoms in total. The molecule has 2 aromatic rings. The standard InChI is InChI=1S/C32H43N5.2C2H6/c1-8-10-30-23(2)13-15-31(27(30)6)37-32(25(4)20-33)24(3)12-14-29-19-28(21-35-22-29)11-9-17-36-26(5)16-18-34-7;2*1-2/h8,10,12-15,19,21-22,26,34,36-37H,3,9,11,16-18H2,1-2,4-7H3;2*1-2H3/b10-8-,14-12+,32-25-;;. The van der Waals surface area contributed by atoms with Crippen LogP contribution in [0.25, 0.3) is 12.2 Å². The molecule has 1 heterocycles. The van der Waals surface area contributed by atoms with E-state index in [0.717, 1.165) is 60.4 Å². The number of benzene rings is 1. The number of hydrogen-bond acceptors (Lipinski definition) is 5. The third-order valence-corrected chi connectivity index (χ3v) is 6.45. The van der Waals surface area contributed by atoms with Gasteiger partial charge in [0.1, 0.15) is 0 Å². The van der Waals surface area contributed by atoms with Crippen molar-refractivity contribution in [1.29, 1.82) is 5.26 Å². The van der Waals surface area contributed by atoms with Gasteiger partial charge >= 0.3 is 0 Å². The lowest BCUT2D eigenvalue weighted by Gasteiger charge is -2.17. The number of aryl methyl sites for hydroxylation is 2.